The third kappa shape index (κ3) is 2.13. The van der Waals surface area contributed by atoms with Crippen molar-refractivity contribution in [1.82, 2.24) is 4.90 Å². The highest BCUT2D eigenvalue weighted by atomic mass is 79.9. The molecular formula is C27H20BrNO3. The van der Waals surface area contributed by atoms with Crippen LogP contribution in [-0.4, -0.2) is 41.4 Å². The Morgan fingerprint density at radius 3 is 2.06 bits per heavy atom. The Labute approximate surface area is 194 Å². The number of carbonyl (C=O) groups is 3. The summed E-state index contributed by atoms with van der Waals surface area (Å²) in [5.41, 5.74) is 0.590. The zero-order valence-corrected chi connectivity index (χ0v) is 19.1. The number of hydrogen-bond acceptors (Lipinski definition) is 4. The largest absolute Gasteiger partial charge is 0.293 e. The van der Waals surface area contributed by atoms with E-state index in [9.17, 15) is 14.4 Å². The molecule has 0 amide bonds. The van der Waals surface area contributed by atoms with Crippen LogP contribution in [0.25, 0.3) is 0 Å². The number of ketones is 3. The van der Waals surface area contributed by atoms with Crippen molar-refractivity contribution in [2.45, 2.75) is 17.9 Å². The van der Waals surface area contributed by atoms with E-state index in [1.165, 1.54) is 0 Å². The molecule has 0 unspecified atom stereocenters. The fraction of sp³-hybridized carbons (Fsp3) is 0.222. The third-order valence-electron chi connectivity index (χ3n) is 7.73. The van der Waals surface area contributed by atoms with E-state index in [1.54, 1.807) is 24.3 Å². The molecule has 3 aliphatic rings. The maximum absolute atomic E-state index is 14.3. The number of nitrogens with zero attached hydrogens (tertiary/aromatic N) is 1. The van der Waals surface area contributed by atoms with E-state index in [0.29, 0.717) is 29.7 Å². The van der Waals surface area contributed by atoms with Gasteiger partial charge in [-0.1, -0.05) is 76.6 Å². The molecule has 5 heteroatoms. The molecule has 1 fully saturated rings. The number of benzene rings is 3. The predicted octanol–water partition coefficient (Wildman–Crippen LogP) is 4.72. The van der Waals surface area contributed by atoms with Crippen molar-refractivity contribution in [1.29, 1.82) is 0 Å². The zero-order valence-electron chi connectivity index (χ0n) is 17.5. The maximum atomic E-state index is 14.3. The van der Waals surface area contributed by atoms with Gasteiger partial charge in [-0.3, -0.25) is 19.3 Å². The normalized spacial score (nSPS) is 25.7. The van der Waals surface area contributed by atoms with Crippen LogP contribution in [0.2, 0.25) is 0 Å². The molecule has 2 spiro atoms. The highest BCUT2D eigenvalue weighted by molar-refractivity contribution is 9.10. The first kappa shape index (κ1) is 19.8. The topological polar surface area (TPSA) is 54.5 Å². The molecule has 0 aromatic heterocycles. The summed E-state index contributed by atoms with van der Waals surface area (Å²) in [7, 11) is 1.82. The molecule has 1 aliphatic heterocycles. The van der Waals surface area contributed by atoms with Crippen molar-refractivity contribution >= 4 is 33.3 Å². The monoisotopic (exact) mass is 485 g/mol. The van der Waals surface area contributed by atoms with Crippen LogP contribution in [0, 0.1) is 5.41 Å². The van der Waals surface area contributed by atoms with Gasteiger partial charge in [-0.15, -0.1) is 0 Å². The van der Waals surface area contributed by atoms with Gasteiger partial charge in [0.15, 0.2) is 22.9 Å². The van der Waals surface area contributed by atoms with Gasteiger partial charge in [0, 0.05) is 33.6 Å². The first-order valence-electron chi connectivity index (χ1n) is 10.7. The summed E-state index contributed by atoms with van der Waals surface area (Å²) < 4.78 is 0.907. The lowest BCUT2D eigenvalue weighted by molar-refractivity contribution is 0.0340. The fourth-order valence-corrected chi connectivity index (χ4v) is 6.90. The Balaban J connectivity index is 1.67. The molecule has 3 aromatic rings. The molecule has 4 nitrogen and oxygen atoms in total. The third-order valence-corrected chi connectivity index (χ3v) is 8.22. The molecule has 1 heterocycles. The van der Waals surface area contributed by atoms with Crippen LogP contribution in [0.3, 0.4) is 0 Å². The number of Topliss-reactive ketones (excluding diaryl/α,β-unsaturated/α-hetero) is 3. The summed E-state index contributed by atoms with van der Waals surface area (Å²) in [5, 5.41) is 0. The molecule has 0 saturated carbocycles. The van der Waals surface area contributed by atoms with E-state index in [-0.39, 0.29) is 23.3 Å². The zero-order chi connectivity index (χ0) is 22.3. The molecule has 0 bridgehead atoms. The van der Waals surface area contributed by atoms with Crippen LogP contribution in [0.15, 0.2) is 77.3 Å². The minimum absolute atomic E-state index is 0.100. The quantitative estimate of drug-likeness (QED) is 0.468. The highest BCUT2D eigenvalue weighted by Crippen LogP contribution is 2.63. The Morgan fingerprint density at radius 2 is 1.44 bits per heavy atom. The van der Waals surface area contributed by atoms with E-state index in [2.05, 4.69) is 15.9 Å². The second-order valence-corrected chi connectivity index (χ2v) is 9.95. The molecule has 6 rings (SSSR count). The first-order chi connectivity index (χ1) is 15.4. The van der Waals surface area contributed by atoms with Gasteiger partial charge in [-0.25, -0.2) is 0 Å². The predicted molar refractivity (Wildman–Crippen MR) is 124 cm³/mol. The molecule has 2 atom stereocenters. The van der Waals surface area contributed by atoms with E-state index < -0.39 is 11.0 Å². The number of carbonyl (C=O) groups excluding carboxylic acids is 3. The summed E-state index contributed by atoms with van der Waals surface area (Å²) in [6.45, 7) is 0.446. The fourth-order valence-electron chi connectivity index (χ4n) is 6.49. The van der Waals surface area contributed by atoms with Crippen LogP contribution < -0.4 is 0 Å². The van der Waals surface area contributed by atoms with Crippen LogP contribution in [0.4, 0.5) is 0 Å². The molecule has 2 aliphatic carbocycles. The lowest BCUT2D eigenvalue weighted by Gasteiger charge is -2.42. The average Bonchev–Trinajstić information content (AvgIpc) is 3.33. The van der Waals surface area contributed by atoms with Gasteiger partial charge in [-0.2, -0.15) is 0 Å². The highest BCUT2D eigenvalue weighted by Gasteiger charge is 2.77. The van der Waals surface area contributed by atoms with Gasteiger partial charge in [0.05, 0.1) is 5.41 Å². The summed E-state index contributed by atoms with van der Waals surface area (Å²) in [6, 6.07) is 22.4. The molecule has 3 aromatic carbocycles. The summed E-state index contributed by atoms with van der Waals surface area (Å²) in [4.78, 5) is 44.4. The van der Waals surface area contributed by atoms with Crippen molar-refractivity contribution in [3.63, 3.8) is 0 Å². The van der Waals surface area contributed by atoms with Gasteiger partial charge >= 0.3 is 0 Å². The van der Waals surface area contributed by atoms with Crippen LogP contribution in [-0.2, 0) is 6.42 Å². The van der Waals surface area contributed by atoms with Crippen LogP contribution in [0.5, 0.6) is 0 Å². The lowest BCUT2D eigenvalue weighted by Crippen LogP contribution is -2.63. The van der Waals surface area contributed by atoms with Crippen molar-refractivity contribution in [2.75, 3.05) is 13.6 Å². The van der Waals surface area contributed by atoms with Gasteiger partial charge in [0.25, 0.3) is 0 Å². The second-order valence-electron chi connectivity index (χ2n) is 9.04. The summed E-state index contributed by atoms with van der Waals surface area (Å²) >= 11 is 3.55. The number of rotatable bonds is 1. The number of hydrogen-bond donors (Lipinski definition) is 0. The number of likely N-dealkylation sites (tertiary alicyclic amines) is 1. The van der Waals surface area contributed by atoms with Gasteiger partial charge < -0.3 is 0 Å². The molecular weight excluding hydrogens is 466 g/mol. The van der Waals surface area contributed by atoms with Crippen molar-refractivity contribution in [3.8, 4) is 0 Å². The van der Waals surface area contributed by atoms with Crippen LogP contribution in [0.1, 0.15) is 48.1 Å². The van der Waals surface area contributed by atoms with E-state index in [1.807, 2.05) is 60.5 Å². The molecule has 0 N–H and O–H groups in total. The molecule has 1 saturated heterocycles. The Bertz CT molecular complexity index is 1310. The smallest absolute Gasteiger partial charge is 0.192 e. The minimum atomic E-state index is -1.54. The Hall–Kier alpha value is -2.89. The molecule has 32 heavy (non-hydrogen) atoms. The summed E-state index contributed by atoms with van der Waals surface area (Å²) in [5.74, 6) is -0.900. The Kier molecular flexibility index (Phi) is 4.05. The van der Waals surface area contributed by atoms with Gasteiger partial charge in [0.2, 0.25) is 0 Å². The van der Waals surface area contributed by atoms with Crippen molar-refractivity contribution in [2.24, 2.45) is 5.41 Å². The maximum Gasteiger partial charge on any atom is 0.192 e. The summed E-state index contributed by atoms with van der Waals surface area (Å²) in [6.07, 6.45) is 0.370. The minimum Gasteiger partial charge on any atom is -0.293 e. The lowest BCUT2D eigenvalue weighted by atomic mass is 9.59. The molecule has 0 radical (unpaired) electrons. The average molecular weight is 486 g/mol. The standard InChI is InChI=1S/C27H20BrNO3/c1-29-15-22(16-8-6-9-18(28)13-16)26(14-17-7-2-3-10-19(17)23(26)30)27(29)24(31)20-11-4-5-12-21(20)25(27)32/h2-13,22H,14-15H2,1H3/t22-,26+/m0/s1. The number of likely N-dealkylation sites (N-methyl/N-ethyl adjacent to an activating group) is 1. The van der Waals surface area contributed by atoms with E-state index >= 15 is 0 Å². The van der Waals surface area contributed by atoms with E-state index in [0.717, 1.165) is 15.6 Å². The van der Waals surface area contributed by atoms with Crippen molar-refractivity contribution in [3.05, 3.63) is 105 Å². The van der Waals surface area contributed by atoms with Crippen LogP contribution >= 0.6 is 15.9 Å². The Morgan fingerprint density at radius 1 is 0.812 bits per heavy atom. The molecule has 158 valence electrons. The van der Waals surface area contributed by atoms with E-state index in [4.69, 9.17) is 0 Å². The second kappa shape index (κ2) is 6.56. The first-order valence-corrected chi connectivity index (χ1v) is 11.5. The van der Waals surface area contributed by atoms with Gasteiger partial charge in [0.1, 0.15) is 0 Å². The van der Waals surface area contributed by atoms with Crippen molar-refractivity contribution < 1.29 is 14.4 Å². The SMILES string of the molecule is CN1C[C@@H](c2cccc(Br)c2)[C@@]2(Cc3ccccc3C2=O)C12C(=O)c1ccccc1C2=O. The number of halogens is 1. The van der Waals surface area contributed by atoms with Gasteiger partial charge in [-0.05, 0) is 36.7 Å². The number of fused-ring (bicyclic) bond motifs is 3.